The second-order valence-electron chi connectivity index (χ2n) is 5.18. The first kappa shape index (κ1) is 14.7. The Morgan fingerprint density at radius 2 is 2.08 bits per heavy atom. The molecular weight excluding hydrogens is 330 g/mol. The quantitative estimate of drug-likeness (QED) is 0.769. The normalized spacial score (nSPS) is 13.0. The molecule has 8 heteroatoms. The fourth-order valence-corrected chi connectivity index (χ4v) is 3.31. The number of nitrogens with zero attached hydrogens (tertiary/aromatic N) is 2. The summed E-state index contributed by atoms with van der Waals surface area (Å²) < 4.78 is 12.1. The van der Waals surface area contributed by atoms with Crippen LogP contribution in [-0.2, 0) is 6.54 Å². The Hall–Kier alpha value is -2.87. The minimum atomic E-state index is -0.474. The molecule has 1 amide bonds. The number of aromatic nitrogens is 2. The van der Waals surface area contributed by atoms with Gasteiger partial charge >= 0.3 is 6.03 Å². The highest BCUT2D eigenvalue weighted by Gasteiger charge is 2.15. The molecule has 122 valence electrons. The van der Waals surface area contributed by atoms with Crippen LogP contribution >= 0.6 is 11.5 Å². The van der Waals surface area contributed by atoms with E-state index in [0.29, 0.717) is 34.9 Å². The molecule has 0 saturated heterocycles. The third kappa shape index (κ3) is 2.61. The fraction of sp³-hybridized carbons (Fsp3) is 0.188. The van der Waals surface area contributed by atoms with Gasteiger partial charge in [0.1, 0.15) is 18.0 Å². The van der Waals surface area contributed by atoms with Gasteiger partial charge in [-0.2, -0.15) is 3.96 Å². The Balaban J connectivity index is 1.52. The monoisotopic (exact) mass is 343 g/mol. The molecule has 0 saturated carbocycles. The lowest BCUT2D eigenvalue weighted by Gasteiger charge is -2.18. The minimum Gasteiger partial charge on any atom is -0.486 e. The van der Waals surface area contributed by atoms with Crippen molar-refractivity contribution in [2.24, 2.45) is 0 Å². The number of rotatable bonds is 2. The number of carbonyl (C=O) groups is 1. The summed E-state index contributed by atoms with van der Waals surface area (Å²) in [5.41, 5.74) is 0.502. The maximum absolute atomic E-state index is 12.3. The van der Waals surface area contributed by atoms with Crippen molar-refractivity contribution < 1.29 is 14.3 Å². The fourth-order valence-electron chi connectivity index (χ4n) is 2.44. The zero-order chi connectivity index (χ0) is 16.5. The number of carbonyl (C=O) groups excluding carboxylic acids is 1. The molecule has 0 unspecified atom stereocenters. The van der Waals surface area contributed by atoms with Crippen molar-refractivity contribution in [1.29, 1.82) is 0 Å². The Kier molecular flexibility index (Phi) is 3.66. The van der Waals surface area contributed by atoms with Crippen molar-refractivity contribution in [2.45, 2.75) is 6.54 Å². The summed E-state index contributed by atoms with van der Waals surface area (Å²) >= 11 is 1.03. The van der Waals surface area contributed by atoms with Gasteiger partial charge in [0.15, 0.2) is 11.5 Å². The van der Waals surface area contributed by atoms with E-state index in [0.717, 1.165) is 21.1 Å². The summed E-state index contributed by atoms with van der Waals surface area (Å²) in [7, 11) is 0. The highest BCUT2D eigenvalue weighted by Crippen LogP contribution is 2.30. The van der Waals surface area contributed by atoms with Gasteiger partial charge in [0.2, 0.25) is 0 Å². The third-order valence-corrected chi connectivity index (χ3v) is 4.61. The van der Waals surface area contributed by atoms with Crippen LogP contribution in [0.2, 0.25) is 0 Å². The van der Waals surface area contributed by atoms with Crippen LogP contribution in [-0.4, -0.2) is 28.2 Å². The summed E-state index contributed by atoms with van der Waals surface area (Å²) in [6.45, 7) is 1.32. The van der Waals surface area contributed by atoms with E-state index in [1.165, 1.54) is 0 Å². The van der Waals surface area contributed by atoms with Gasteiger partial charge in [-0.3, -0.25) is 4.79 Å². The molecule has 0 fully saturated rings. The molecule has 4 rings (SSSR count). The van der Waals surface area contributed by atoms with Crippen LogP contribution in [0, 0.1) is 0 Å². The second-order valence-corrected chi connectivity index (χ2v) is 6.12. The van der Waals surface area contributed by atoms with E-state index in [1.807, 2.05) is 18.2 Å². The van der Waals surface area contributed by atoms with Gasteiger partial charge in [-0.05, 0) is 41.4 Å². The molecule has 1 aliphatic rings. The number of hydrogen-bond acceptors (Lipinski definition) is 6. The van der Waals surface area contributed by atoms with Crippen LogP contribution in [0.25, 0.3) is 10.2 Å². The third-order valence-electron chi connectivity index (χ3n) is 3.60. The molecule has 3 aromatic rings. The highest BCUT2D eigenvalue weighted by atomic mass is 32.1. The number of benzene rings is 1. The standard InChI is InChI=1S/C16H13N3O4S/c20-15-11-2-1-5-17-14(11)24-19(15)16(21)18-9-10-3-4-12-13(8-10)23-7-6-22-12/h1-5,8H,6-7,9H2,(H,18,21). The van der Waals surface area contributed by atoms with E-state index in [4.69, 9.17) is 9.47 Å². The molecule has 0 aliphatic carbocycles. The topological polar surface area (TPSA) is 82.4 Å². The number of ether oxygens (including phenoxy) is 2. The number of pyridine rings is 1. The van der Waals surface area contributed by atoms with Gasteiger partial charge in [0, 0.05) is 12.7 Å². The van der Waals surface area contributed by atoms with Gasteiger partial charge in [-0.1, -0.05) is 6.07 Å². The Morgan fingerprint density at radius 1 is 1.25 bits per heavy atom. The molecule has 7 nitrogen and oxygen atoms in total. The van der Waals surface area contributed by atoms with Crippen molar-refractivity contribution in [3.05, 3.63) is 52.4 Å². The lowest BCUT2D eigenvalue weighted by atomic mass is 10.2. The van der Waals surface area contributed by atoms with Gasteiger partial charge in [-0.25, -0.2) is 9.78 Å². The lowest BCUT2D eigenvalue weighted by molar-refractivity contribution is 0.171. The average molecular weight is 343 g/mol. The van der Waals surface area contributed by atoms with Gasteiger partial charge in [-0.15, -0.1) is 0 Å². The van der Waals surface area contributed by atoms with Crippen LogP contribution in [0.4, 0.5) is 4.79 Å². The molecule has 1 aliphatic heterocycles. The zero-order valence-corrected chi connectivity index (χ0v) is 13.3. The first-order valence-electron chi connectivity index (χ1n) is 7.36. The highest BCUT2D eigenvalue weighted by molar-refractivity contribution is 7.14. The summed E-state index contributed by atoms with van der Waals surface area (Å²) in [4.78, 5) is 29.1. The van der Waals surface area contributed by atoms with E-state index in [1.54, 1.807) is 18.3 Å². The van der Waals surface area contributed by atoms with Crippen LogP contribution < -0.4 is 20.3 Å². The van der Waals surface area contributed by atoms with Crippen LogP contribution in [0.5, 0.6) is 11.5 Å². The predicted molar refractivity (Wildman–Crippen MR) is 88.9 cm³/mol. The number of amides is 1. The molecular formula is C16H13N3O4S. The van der Waals surface area contributed by atoms with E-state index in [2.05, 4.69) is 10.3 Å². The van der Waals surface area contributed by atoms with E-state index in [-0.39, 0.29) is 12.1 Å². The van der Waals surface area contributed by atoms with Crippen molar-refractivity contribution in [2.75, 3.05) is 13.2 Å². The second kappa shape index (κ2) is 5.97. The zero-order valence-electron chi connectivity index (χ0n) is 12.5. The summed E-state index contributed by atoms with van der Waals surface area (Å²) in [5, 5.41) is 3.18. The maximum Gasteiger partial charge on any atom is 0.338 e. The first-order chi connectivity index (χ1) is 11.7. The SMILES string of the molecule is O=C(NCc1ccc2c(c1)OCCO2)n1sc2ncccc2c1=O. The maximum atomic E-state index is 12.3. The van der Waals surface area contributed by atoms with Gasteiger partial charge in [0.05, 0.1) is 5.39 Å². The minimum absolute atomic E-state index is 0.281. The summed E-state index contributed by atoms with van der Waals surface area (Å²) in [5.74, 6) is 1.36. The largest absolute Gasteiger partial charge is 0.486 e. The van der Waals surface area contributed by atoms with Gasteiger partial charge < -0.3 is 14.8 Å². The van der Waals surface area contributed by atoms with E-state index in [9.17, 15) is 9.59 Å². The molecule has 0 radical (unpaired) electrons. The number of hydrogen-bond donors (Lipinski definition) is 1. The van der Waals surface area contributed by atoms with Gasteiger partial charge in [0.25, 0.3) is 5.56 Å². The van der Waals surface area contributed by atoms with Crippen molar-refractivity contribution in [3.63, 3.8) is 0 Å². The van der Waals surface area contributed by atoms with Crippen molar-refractivity contribution in [1.82, 2.24) is 14.3 Å². The number of nitrogens with one attached hydrogen (secondary N) is 1. The molecule has 0 spiro atoms. The van der Waals surface area contributed by atoms with Crippen molar-refractivity contribution in [3.8, 4) is 11.5 Å². The molecule has 24 heavy (non-hydrogen) atoms. The first-order valence-corrected chi connectivity index (χ1v) is 8.13. The van der Waals surface area contributed by atoms with Crippen LogP contribution in [0.15, 0.2) is 41.3 Å². The molecule has 0 atom stereocenters. The Morgan fingerprint density at radius 3 is 2.92 bits per heavy atom. The Labute approximate surface area is 140 Å². The van der Waals surface area contributed by atoms with E-state index >= 15 is 0 Å². The molecule has 1 N–H and O–H groups in total. The lowest BCUT2D eigenvalue weighted by Crippen LogP contribution is -2.32. The van der Waals surface area contributed by atoms with E-state index < -0.39 is 6.03 Å². The average Bonchev–Trinajstić information content (AvgIpc) is 2.97. The van der Waals surface area contributed by atoms with Crippen molar-refractivity contribution >= 4 is 27.8 Å². The molecule has 2 aromatic heterocycles. The summed E-state index contributed by atoms with van der Waals surface area (Å²) in [6, 6.07) is 8.34. The smallest absolute Gasteiger partial charge is 0.338 e. The van der Waals surface area contributed by atoms with Crippen LogP contribution in [0.3, 0.4) is 0 Å². The molecule has 1 aromatic carbocycles. The molecule has 0 bridgehead atoms. The summed E-state index contributed by atoms with van der Waals surface area (Å²) in [6.07, 6.45) is 1.59. The predicted octanol–water partition coefficient (Wildman–Crippen LogP) is 1.99. The molecule has 3 heterocycles. The van der Waals surface area contributed by atoms with Crippen LogP contribution in [0.1, 0.15) is 5.56 Å². The Bertz CT molecular complexity index is 979. The number of fused-ring (bicyclic) bond motifs is 2.